The van der Waals surface area contributed by atoms with Crippen LogP contribution < -0.4 is 10.2 Å². The van der Waals surface area contributed by atoms with Gasteiger partial charge in [0.2, 0.25) is 0 Å². The number of rotatable bonds is 6. The van der Waals surface area contributed by atoms with E-state index in [-0.39, 0.29) is 0 Å². The zero-order valence-electron chi connectivity index (χ0n) is 15.7. The molecule has 0 saturated carbocycles. The third kappa shape index (κ3) is 3.91. The zero-order valence-corrected chi connectivity index (χ0v) is 16.7. The number of hydrogen-bond donors (Lipinski definition) is 2. The highest BCUT2D eigenvalue weighted by molar-refractivity contribution is 6.76. The topological polar surface area (TPSA) is 79.6 Å². The molecule has 0 fully saturated rings. The first kappa shape index (κ1) is 18.5. The van der Waals surface area contributed by atoms with Crippen LogP contribution in [-0.2, 0) is 18.0 Å². The maximum Gasteiger partial charge on any atom is 0.409 e. The fourth-order valence-corrected chi connectivity index (χ4v) is 3.93. The number of fused-ring (bicyclic) bond motifs is 3. The third-order valence-electron chi connectivity index (χ3n) is 4.45. The summed E-state index contributed by atoms with van der Waals surface area (Å²) in [6, 6.07) is 6.75. The van der Waals surface area contributed by atoms with Crippen molar-refractivity contribution in [1.82, 2.24) is 9.78 Å². The van der Waals surface area contributed by atoms with Gasteiger partial charge in [-0.1, -0.05) is 31.8 Å². The van der Waals surface area contributed by atoms with E-state index in [1.54, 1.807) is 6.07 Å². The van der Waals surface area contributed by atoms with E-state index < -0.39 is 14.2 Å². The second-order valence-corrected chi connectivity index (χ2v) is 13.5. The molecule has 0 atom stereocenters. The number of carbonyl (C=O) groups is 1. The molecular weight excluding hydrogens is 348 g/mol. The normalized spacial score (nSPS) is 13.3. The van der Waals surface area contributed by atoms with Gasteiger partial charge in [-0.2, -0.15) is 5.10 Å². The van der Waals surface area contributed by atoms with Crippen molar-refractivity contribution in [3.63, 3.8) is 0 Å². The van der Waals surface area contributed by atoms with Crippen molar-refractivity contribution in [3.05, 3.63) is 30.0 Å². The summed E-state index contributed by atoms with van der Waals surface area (Å²) in [6.45, 7) is 8.80. The van der Waals surface area contributed by atoms with Crippen LogP contribution >= 0.6 is 0 Å². The molecular formula is C18H26N4O3Si. The van der Waals surface area contributed by atoms with Gasteiger partial charge in [0.05, 0.1) is 23.3 Å². The van der Waals surface area contributed by atoms with Gasteiger partial charge in [-0.05, 0) is 12.1 Å². The lowest BCUT2D eigenvalue weighted by atomic mass is 9.99. The molecule has 1 aromatic heterocycles. The molecule has 1 amide bonds. The molecule has 1 aliphatic heterocycles. The van der Waals surface area contributed by atoms with Crippen LogP contribution in [0.5, 0.6) is 0 Å². The first-order chi connectivity index (χ1) is 12.3. The number of hydrogen-bond acceptors (Lipinski definition) is 4. The van der Waals surface area contributed by atoms with E-state index in [1.807, 2.05) is 35.0 Å². The minimum atomic E-state index is -1.12. The number of benzene rings is 1. The number of para-hydroxylation sites is 1. The minimum Gasteiger partial charge on any atom is -0.465 e. The highest BCUT2D eigenvalue weighted by atomic mass is 28.3. The average Bonchev–Trinajstić information content (AvgIpc) is 2.93. The van der Waals surface area contributed by atoms with E-state index in [2.05, 4.69) is 30.1 Å². The van der Waals surface area contributed by atoms with Crippen molar-refractivity contribution in [2.45, 2.75) is 39.0 Å². The van der Waals surface area contributed by atoms with Crippen LogP contribution in [0.25, 0.3) is 11.3 Å². The third-order valence-corrected chi connectivity index (χ3v) is 6.15. The van der Waals surface area contributed by atoms with E-state index in [0.29, 0.717) is 19.0 Å². The largest absolute Gasteiger partial charge is 0.465 e. The Kier molecular flexibility index (Phi) is 5.06. The Morgan fingerprint density at radius 3 is 2.85 bits per heavy atom. The summed E-state index contributed by atoms with van der Waals surface area (Å²) in [5.74, 6) is 0. The van der Waals surface area contributed by atoms with Crippen molar-refractivity contribution in [3.8, 4) is 11.3 Å². The molecule has 2 N–H and O–H groups in total. The van der Waals surface area contributed by atoms with Gasteiger partial charge in [-0.25, -0.2) is 9.48 Å². The molecule has 1 aliphatic rings. The lowest BCUT2D eigenvalue weighted by molar-refractivity contribution is 0.0797. The van der Waals surface area contributed by atoms with Crippen molar-refractivity contribution in [2.24, 2.45) is 0 Å². The fourth-order valence-electron chi connectivity index (χ4n) is 3.18. The lowest BCUT2D eigenvalue weighted by Gasteiger charge is -2.30. The standard InChI is InChI=1S/C18H26N4O3Si/c1-21-11-13-10-19-22(12-25-8-9-26(2,3)4)16(13)14-6-5-7-15(17(14)21)20-18(23)24/h5-7,10,20H,8-9,11-12H2,1-4H3,(H,23,24). The lowest BCUT2D eigenvalue weighted by Crippen LogP contribution is -2.24. The van der Waals surface area contributed by atoms with Gasteiger partial charge in [0, 0.05) is 39.4 Å². The number of anilines is 2. The first-order valence-corrected chi connectivity index (χ1v) is 12.4. The van der Waals surface area contributed by atoms with Crippen LogP contribution in [0.4, 0.5) is 16.2 Å². The molecule has 0 unspecified atom stereocenters. The highest BCUT2D eigenvalue weighted by Gasteiger charge is 2.26. The van der Waals surface area contributed by atoms with E-state index in [0.717, 1.165) is 35.2 Å². The maximum absolute atomic E-state index is 11.1. The van der Waals surface area contributed by atoms with Crippen LogP contribution in [-0.4, -0.2) is 42.7 Å². The molecule has 7 nitrogen and oxygen atoms in total. The Balaban J connectivity index is 1.87. The average molecular weight is 375 g/mol. The number of amides is 1. The Morgan fingerprint density at radius 1 is 1.38 bits per heavy atom. The van der Waals surface area contributed by atoms with Gasteiger partial charge < -0.3 is 14.7 Å². The smallest absolute Gasteiger partial charge is 0.409 e. The molecule has 3 rings (SSSR count). The SMILES string of the molecule is CN1Cc2cnn(COCC[Si](C)(C)C)c2-c2cccc(NC(=O)O)c21. The van der Waals surface area contributed by atoms with Gasteiger partial charge >= 0.3 is 6.09 Å². The molecule has 0 radical (unpaired) electrons. The van der Waals surface area contributed by atoms with E-state index >= 15 is 0 Å². The maximum atomic E-state index is 11.1. The number of ether oxygens (including phenoxy) is 1. The Bertz CT molecular complexity index is 813. The molecule has 2 aromatic rings. The molecule has 2 heterocycles. The predicted octanol–water partition coefficient (Wildman–Crippen LogP) is 3.90. The van der Waals surface area contributed by atoms with E-state index in [9.17, 15) is 4.79 Å². The number of nitrogens with one attached hydrogen (secondary N) is 1. The van der Waals surface area contributed by atoms with Gasteiger partial charge in [0.25, 0.3) is 0 Å². The van der Waals surface area contributed by atoms with Gasteiger partial charge in [-0.15, -0.1) is 0 Å². The van der Waals surface area contributed by atoms with E-state index in [1.165, 1.54) is 0 Å². The monoisotopic (exact) mass is 374 g/mol. The zero-order chi connectivity index (χ0) is 18.9. The minimum absolute atomic E-state index is 0.402. The Morgan fingerprint density at radius 2 is 2.15 bits per heavy atom. The van der Waals surface area contributed by atoms with Crippen molar-refractivity contribution < 1.29 is 14.6 Å². The summed E-state index contributed by atoms with van der Waals surface area (Å²) >= 11 is 0. The predicted molar refractivity (Wildman–Crippen MR) is 106 cm³/mol. The molecule has 0 aliphatic carbocycles. The number of aromatic nitrogens is 2. The first-order valence-electron chi connectivity index (χ1n) is 8.73. The summed E-state index contributed by atoms with van der Waals surface area (Å²) in [5.41, 5.74) is 4.52. The molecule has 0 saturated heterocycles. The summed E-state index contributed by atoms with van der Waals surface area (Å²) < 4.78 is 7.74. The summed E-state index contributed by atoms with van der Waals surface area (Å²) in [4.78, 5) is 13.2. The molecule has 8 heteroatoms. The fraction of sp³-hybridized carbons (Fsp3) is 0.444. The van der Waals surface area contributed by atoms with E-state index in [4.69, 9.17) is 9.84 Å². The highest BCUT2D eigenvalue weighted by Crippen LogP contribution is 2.42. The van der Waals surface area contributed by atoms with Crippen molar-refractivity contribution >= 4 is 25.5 Å². The van der Waals surface area contributed by atoms with Crippen LogP contribution in [0.1, 0.15) is 5.56 Å². The van der Waals surface area contributed by atoms with Crippen LogP contribution in [0.3, 0.4) is 0 Å². The second kappa shape index (κ2) is 7.12. The molecule has 26 heavy (non-hydrogen) atoms. The summed E-state index contributed by atoms with van der Waals surface area (Å²) in [7, 11) is 0.832. The summed E-state index contributed by atoms with van der Waals surface area (Å²) in [5, 5.41) is 16.1. The number of nitrogens with zero attached hydrogens (tertiary/aromatic N) is 3. The molecule has 0 bridgehead atoms. The van der Waals surface area contributed by atoms with Crippen LogP contribution in [0.2, 0.25) is 25.7 Å². The van der Waals surface area contributed by atoms with Crippen LogP contribution in [0.15, 0.2) is 24.4 Å². The van der Waals surface area contributed by atoms with Gasteiger partial charge in [-0.3, -0.25) is 5.32 Å². The Hall–Kier alpha value is -2.32. The second-order valence-electron chi connectivity index (χ2n) is 7.85. The summed E-state index contributed by atoms with van der Waals surface area (Å²) in [6.07, 6.45) is 0.800. The number of carboxylic acid groups (broad SMARTS) is 1. The van der Waals surface area contributed by atoms with Crippen molar-refractivity contribution in [1.29, 1.82) is 0 Å². The van der Waals surface area contributed by atoms with Gasteiger partial charge in [0.1, 0.15) is 6.73 Å². The van der Waals surface area contributed by atoms with Crippen LogP contribution in [0, 0.1) is 0 Å². The van der Waals surface area contributed by atoms with Crippen molar-refractivity contribution in [2.75, 3.05) is 23.9 Å². The van der Waals surface area contributed by atoms with Gasteiger partial charge in [0.15, 0.2) is 0 Å². The quantitative estimate of drug-likeness (QED) is 0.592. The molecule has 0 spiro atoms. The molecule has 140 valence electrons. The molecule has 1 aromatic carbocycles. The Labute approximate surface area is 154 Å².